The van der Waals surface area contributed by atoms with Crippen LogP contribution in [0.5, 0.6) is 0 Å². The molecular formula is C11H17ClN4O2. The molecule has 100 valence electrons. The average molecular weight is 273 g/mol. The van der Waals surface area contributed by atoms with E-state index >= 15 is 0 Å². The van der Waals surface area contributed by atoms with Crippen molar-refractivity contribution in [1.29, 1.82) is 0 Å². The summed E-state index contributed by atoms with van der Waals surface area (Å²) in [7, 11) is 0. The molecule has 0 bridgehead atoms. The zero-order chi connectivity index (χ0) is 13.4. The normalized spacial score (nSPS) is 9.94. The Morgan fingerprint density at radius 3 is 2.89 bits per heavy atom. The van der Waals surface area contributed by atoms with E-state index in [1.165, 1.54) is 6.20 Å². The van der Waals surface area contributed by atoms with E-state index in [2.05, 4.69) is 20.6 Å². The Bertz CT molecular complexity index is 401. The lowest BCUT2D eigenvalue weighted by Crippen LogP contribution is -2.18. The maximum atomic E-state index is 11.2. The molecular weight excluding hydrogens is 256 g/mol. The van der Waals surface area contributed by atoms with Gasteiger partial charge in [-0.2, -0.15) is 4.98 Å². The summed E-state index contributed by atoms with van der Waals surface area (Å²) in [6, 6.07) is 0. The minimum atomic E-state index is -0.352. The van der Waals surface area contributed by atoms with Crippen molar-refractivity contribution in [2.45, 2.75) is 20.3 Å². The van der Waals surface area contributed by atoms with Gasteiger partial charge in [0.1, 0.15) is 11.6 Å². The molecule has 18 heavy (non-hydrogen) atoms. The van der Waals surface area contributed by atoms with Gasteiger partial charge in [-0.1, -0.05) is 18.5 Å². The monoisotopic (exact) mass is 272 g/mol. The number of nitrogens with zero attached hydrogens (tertiary/aromatic N) is 2. The van der Waals surface area contributed by atoms with E-state index in [4.69, 9.17) is 16.3 Å². The summed E-state index contributed by atoms with van der Waals surface area (Å²) in [4.78, 5) is 19.4. The second kappa shape index (κ2) is 7.71. The number of esters is 1. The van der Waals surface area contributed by atoms with Crippen molar-refractivity contribution >= 4 is 29.3 Å². The fraction of sp³-hybridized carbons (Fsp3) is 0.545. The smallest absolute Gasteiger partial charge is 0.325 e. The molecule has 7 heteroatoms. The number of rotatable bonds is 7. The van der Waals surface area contributed by atoms with Crippen LogP contribution >= 0.6 is 11.6 Å². The topological polar surface area (TPSA) is 76.1 Å². The minimum absolute atomic E-state index is 0.0256. The van der Waals surface area contributed by atoms with E-state index < -0.39 is 0 Å². The van der Waals surface area contributed by atoms with Crippen molar-refractivity contribution in [2.24, 2.45) is 0 Å². The highest BCUT2D eigenvalue weighted by Crippen LogP contribution is 2.18. The third kappa shape index (κ3) is 4.75. The Morgan fingerprint density at radius 2 is 2.22 bits per heavy atom. The van der Waals surface area contributed by atoms with Gasteiger partial charge in [0.25, 0.3) is 0 Å². The fourth-order valence-corrected chi connectivity index (χ4v) is 1.34. The van der Waals surface area contributed by atoms with Crippen LogP contribution in [0, 0.1) is 0 Å². The Balaban J connectivity index is 2.60. The molecule has 1 aromatic heterocycles. The van der Waals surface area contributed by atoms with Gasteiger partial charge in [-0.15, -0.1) is 0 Å². The number of carbonyl (C=O) groups is 1. The van der Waals surface area contributed by atoms with Crippen molar-refractivity contribution in [3.63, 3.8) is 0 Å². The van der Waals surface area contributed by atoms with Crippen LogP contribution in [-0.2, 0) is 9.53 Å². The van der Waals surface area contributed by atoms with Gasteiger partial charge in [0.15, 0.2) is 5.82 Å². The molecule has 2 N–H and O–H groups in total. The number of hydrogen-bond donors (Lipinski definition) is 2. The molecule has 0 saturated heterocycles. The summed E-state index contributed by atoms with van der Waals surface area (Å²) < 4.78 is 4.80. The van der Waals surface area contributed by atoms with E-state index in [0.29, 0.717) is 23.4 Å². The standard InChI is InChI=1S/C11H17ClN4O2/c1-3-5-13-11-15-6-8(12)10(16-11)14-7-9(17)18-4-2/h6H,3-5,7H2,1-2H3,(H2,13,14,15,16). The molecule has 0 aliphatic rings. The Morgan fingerprint density at radius 1 is 1.44 bits per heavy atom. The second-order valence-corrected chi connectivity index (χ2v) is 3.88. The predicted molar refractivity (Wildman–Crippen MR) is 70.9 cm³/mol. The molecule has 0 spiro atoms. The van der Waals surface area contributed by atoms with Crippen LogP contribution in [0.1, 0.15) is 20.3 Å². The molecule has 1 rings (SSSR count). The molecule has 1 aromatic rings. The molecule has 0 amide bonds. The lowest BCUT2D eigenvalue weighted by atomic mass is 10.5. The molecule has 0 aromatic carbocycles. The van der Waals surface area contributed by atoms with Gasteiger partial charge < -0.3 is 15.4 Å². The maximum absolute atomic E-state index is 11.2. The van der Waals surface area contributed by atoms with Crippen LogP contribution in [0.25, 0.3) is 0 Å². The summed E-state index contributed by atoms with van der Waals surface area (Å²) in [5.41, 5.74) is 0. The highest BCUT2D eigenvalue weighted by atomic mass is 35.5. The zero-order valence-corrected chi connectivity index (χ0v) is 11.3. The van der Waals surface area contributed by atoms with Crippen molar-refractivity contribution in [3.05, 3.63) is 11.2 Å². The van der Waals surface area contributed by atoms with Crippen LogP contribution in [-0.4, -0.2) is 35.6 Å². The highest BCUT2D eigenvalue weighted by molar-refractivity contribution is 6.32. The number of carbonyl (C=O) groups excluding carboxylic acids is 1. The number of nitrogens with one attached hydrogen (secondary N) is 2. The van der Waals surface area contributed by atoms with E-state index in [-0.39, 0.29) is 12.5 Å². The number of hydrogen-bond acceptors (Lipinski definition) is 6. The largest absolute Gasteiger partial charge is 0.465 e. The van der Waals surface area contributed by atoms with Gasteiger partial charge in [-0.05, 0) is 13.3 Å². The summed E-state index contributed by atoms with van der Waals surface area (Å²) >= 11 is 5.92. The summed E-state index contributed by atoms with van der Waals surface area (Å²) in [5.74, 6) is 0.543. The van der Waals surface area contributed by atoms with E-state index in [1.54, 1.807) is 6.92 Å². The third-order valence-corrected chi connectivity index (χ3v) is 2.26. The van der Waals surface area contributed by atoms with Crippen molar-refractivity contribution in [3.8, 4) is 0 Å². The molecule has 0 unspecified atom stereocenters. The quantitative estimate of drug-likeness (QED) is 0.739. The number of anilines is 2. The minimum Gasteiger partial charge on any atom is -0.465 e. The molecule has 0 saturated carbocycles. The Kier molecular flexibility index (Phi) is 6.21. The van der Waals surface area contributed by atoms with Gasteiger partial charge in [-0.25, -0.2) is 4.98 Å². The lowest BCUT2D eigenvalue weighted by Gasteiger charge is -2.09. The first-order chi connectivity index (χ1) is 8.67. The van der Waals surface area contributed by atoms with Crippen molar-refractivity contribution < 1.29 is 9.53 Å². The lowest BCUT2D eigenvalue weighted by molar-refractivity contribution is -0.140. The van der Waals surface area contributed by atoms with Crippen LogP contribution in [0.3, 0.4) is 0 Å². The van der Waals surface area contributed by atoms with Crippen LogP contribution in [0.15, 0.2) is 6.20 Å². The van der Waals surface area contributed by atoms with E-state index in [1.807, 2.05) is 6.92 Å². The molecule has 0 radical (unpaired) electrons. The first kappa shape index (κ1) is 14.5. The van der Waals surface area contributed by atoms with E-state index in [0.717, 1.165) is 13.0 Å². The fourth-order valence-electron chi connectivity index (χ4n) is 1.18. The maximum Gasteiger partial charge on any atom is 0.325 e. The molecule has 6 nitrogen and oxygen atoms in total. The highest BCUT2D eigenvalue weighted by Gasteiger charge is 2.07. The number of aromatic nitrogens is 2. The van der Waals surface area contributed by atoms with Gasteiger partial charge >= 0.3 is 5.97 Å². The van der Waals surface area contributed by atoms with Crippen LogP contribution in [0.2, 0.25) is 5.02 Å². The van der Waals surface area contributed by atoms with Gasteiger partial charge in [0, 0.05) is 6.54 Å². The van der Waals surface area contributed by atoms with Gasteiger partial charge in [-0.3, -0.25) is 4.79 Å². The Hall–Kier alpha value is -1.56. The molecule has 0 fully saturated rings. The molecule has 0 atom stereocenters. The van der Waals surface area contributed by atoms with Crippen molar-refractivity contribution in [1.82, 2.24) is 9.97 Å². The summed E-state index contributed by atoms with van der Waals surface area (Å²) in [5, 5.41) is 6.22. The number of halogens is 1. The molecule has 0 aliphatic heterocycles. The van der Waals surface area contributed by atoms with Gasteiger partial charge in [0.2, 0.25) is 5.95 Å². The summed E-state index contributed by atoms with van der Waals surface area (Å²) in [6.45, 7) is 4.95. The van der Waals surface area contributed by atoms with E-state index in [9.17, 15) is 4.79 Å². The first-order valence-corrected chi connectivity index (χ1v) is 6.21. The van der Waals surface area contributed by atoms with Crippen LogP contribution < -0.4 is 10.6 Å². The molecule has 0 aliphatic carbocycles. The zero-order valence-electron chi connectivity index (χ0n) is 10.5. The molecule has 1 heterocycles. The summed E-state index contributed by atoms with van der Waals surface area (Å²) in [6.07, 6.45) is 2.46. The second-order valence-electron chi connectivity index (χ2n) is 3.48. The van der Waals surface area contributed by atoms with Gasteiger partial charge in [0.05, 0.1) is 12.8 Å². The van der Waals surface area contributed by atoms with Crippen molar-refractivity contribution in [2.75, 3.05) is 30.3 Å². The van der Waals surface area contributed by atoms with Crippen LogP contribution in [0.4, 0.5) is 11.8 Å². The first-order valence-electron chi connectivity index (χ1n) is 5.83. The SMILES string of the molecule is CCCNc1ncc(Cl)c(NCC(=O)OCC)n1. The predicted octanol–water partition coefficient (Wildman–Crippen LogP) is 1.93. The number of ether oxygens (including phenoxy) is 1. The third-order valence-electron chi connectivity index (χ3n) is 1.98. The average Bonchev–Trinajstić information content (AvgIpc) is 2.36. The Labute approximate surface area is 111 Å².